The van der Waals surface area contributed by atoms with Gasteiger partial charge in [-0.25, -0.2) is 9.59 Å². The highest BCUT2D eigenvalue weighted by molar-refractivity contribution is 9.10. The average molecular weight is 545 g/mol. The van der Waals surface area contributed by atoms with Gasteiger partial charge in [0.05, 0.1) is 36.4 Å². The van der Waals surface area contributed by atoms with Crippen molar-refractivity contribution in [1.82, 2.24) is 0 Å². The second kappa shape index (κ2) is 9.81. The number of ether oxygens (including phenoxy) is 2. The van der Waals surface area contributed by atoms with Crippen LogP contribution in [0.1, 0.15) is 59.5 Å². The number of benzene rings is 2. The monoisotopic (exact) mass is 544 g/mol. The van der Waals surface area contributed by atoms with Gasteiger partial charge in [-0.15, -0.1) is 0 Å². The van der Waals surface area contributed by atoms with Crippen molar-refractivity contribution in [2.45, 2.75) is 51.6 Å². The first-order valence-electron chi connectivity index (χ1n) is 11.0. The van der Waals surface area contributed by atoms with E-state index in [0.29, 0.717) is 21.2 Å². The molecule has 2 aliphatic rings. The molecule has 9 heteroatoms. The number of hydrogen-bond acceptors (Lipinski definition) is 8. The Hall–Kier alpha value is -3.20. The molecule has 0 bridgehead atoms. The third kappa shape index (κ3) is 5.24. The molecule has 0 spiro atoms. The lowest BCUT2D eigenvalue weighted by atomic mass is 9.86. The Morgan fingerprint density at radius 2 is 1.31 bits per heavy atom. The van der Waals surface area contributed by atoms with Crippen molar-refractivity contribution in [3.05, 3.63) is 57.1 Å². The number of ketones is 2. The van der Waals surface area contributed by atoms with Crippen LogP contribution in [0.15, 0.2) is 34.8 Å². The third-order valence-electron chi connectivity index (χ3n) is 6.20. The summed E-state index contributed by atoms with van der Waals surface area (Å²) in [6.07, 6.45) is 0.500. The van der Waals surface area contributed by atoms with Gasteiger partial charge in [0, 0.05) is 28.7 Å². The second-order valence-corrected chi connectivity index (χ2v) is 10.3. The Bertz CT molecular complexity index is 1220. The van der Waals surface area contributed by atoms with Crippen LogP contribution in [0, 0.1) is 0 Å². The van der Waals surface area contributed by atoms with Crippen LogP contribution >= 0.6 is 15.9 Å². The number of esters is 2. The van der Waals surface area contributed by atoms with E-state index in [-0.39, 0.29) is 24.4 Å². The number of anilines is 2. The van der Waals surface area contributed by atoms with E-state index in [4.69, 9.17) is 9.47 Å². The summed E-state index contributed by atoms with van der Waals surface area (Å²) in [6, 6.07) is 8.97. The number of Topliss-reactive ketones (excluding diaryl/α,β-unsaturated/α-hetero) is 2. The van der Waals surface area contributed by atoms with Gasteiger partial charge in [-0.05, 0) is 79.0 Å². The lowest BCUT2D eigenvalue weighted by Gasteiger charge is -2.33. The summed E-state index contributed by atoms with van der Waals surface area (Å²) >= 11 is 3.33. The molecule has 0 radical (unpaired) electrons. The van der Waals surface area contributed by atoms with Crippen LogP contribution in [0.2, 0.25) is 0 Å². The SMILES string of the molecule is COC(=O)c1c(Br)ccc2c1CC(=O)C(C)(C)N2.COC(=O)c1cccc2c1CC(=O)C(C)(C)N2. The van der Waals surface area contributed by atoms with Crippen molar-refractivity contribution in [2.24, 2.45) is 0 Å². The number of halogens is 1. The maximum Gasteiger partial charge on any atom is 0.339 e. The average Bonchev–Trinajstić information content (AvgIpc) is 2.79. The number of rotatable bonds is 2. The fraction of sp³-hybridized carbons (Fsp3) is 0.385. The van der Waals surface area contributed by atoms with Crippen LogP contribution in [0.5, 0.6) is 0 Å². The normalized spacial score (nSPS) is 16.9. The molecule has 2 heterocycles. The van der Waals surface area contributed by atoms with E-state index in [1.807, 2.05) is 39.8 Å². The molecule has 0 aliphatic carbocycles. The van der Waals surface area contributed by atoms with Crippen LogP contribution in [0.3, 0.4) is 0 Å². The minimum Gasteiger partial charge on any atom is -0.465 e. The first kappa shape index (κ1) is 26.4. The van der Waals surface area contributed by atoms with Crippen molar-refractivity contribution in [3.8, 4) is 0 Å². The van der Waals surface area contributed by atoms with Gasteiger partial charge in [0.25, 0.3) is 0 Å². The number of fused-ring (bicyclic) bond motifs is 2. The summed E-state index contributed by atoms with van der Waals surface area (Å²) in [6.45, 7) is 7.34. The summed E-state index contributed by atoms with van der Waals surface area (Å²) in [4.78, 5) is 47.3. The number of carbonyl (C=O) groups excluding carboxylic acids is 4. The van der Waals surface area contributed by atoms with Crippen molar-refractivity contribution >= 4 is 50.8 Å². The Kier molecular flexibility index (Phi) is 7.40. The summed E-state index contributed by atoms with van der Waals surface area (Å²) in [5, 5.41) is 6.30. The lowest BCUT2D eigenvalue weighted by Crippen LogP contribution is -2.45. The molecule has 8 nitrogen and oxygen atoms in total. The van der Waals surface area contributed by atoms with Gasteiger partial charge in [-0.2, -0.15) is 0 Å². The van der Waals surface area contributed by atoms with Gasteiger partial charge in [-0.1, -0.05) is 6.07 Å². The van der Waals surface area contributed by atoms with Crippen molar-refractivity contribution in [1.29, 1.82) is 0 Å². The molecule has 186 valence electrons. The second-order valence-electron chi connectivity index (χ2n) is 9.46. The molecular weight excluding hydrogens is 516 g/mol. The molecule has 2 aliphatic heterocycles. The fourth-order valence-electron chi connectivity index (χ4n) is 4.01. The molecule has 2 N–H and O–H groups in total. The molecule has 0 saturated heterocycles. The van der Waals surface area contributed by atoms with Crippen molar-refractivity contribution in [2.75, 3.05) is 24.9 Å². The lowest BCUT2D eigenvalue weighted by molar-refractivity contribution is -0.122. The number of methoxy groups -OCH3 is 2. The topological polar surface area (TPSA) is 111 Å². The maximum atomic E-state index is 12.0. The van der Waals surface area contributed by atoms with Gasteiger partial charge < -0.3 is 20.1 Å². The van der Waals surface area contributed by atoms with E-state index in [1.165, 1.54) is 14.2 Å². The molecule has 4 rings (SSSR count). The highest BCUT2D eigenvalue weighted by Crippen LogP contribution is 2.35. The van der Waals surface area contributed by atoms with E-state index in [2.05, 4.69) is 26.6 Å². The van der Waals surface area contributed by atoms with Crippen molar-refractivity contribution in [3.63, 3.8) is 0 Å². The van der Waals surface area contributed by atoms with Gasteiger partial charge in [0.2, 0.25) is 0 Å². The summed E-state index contributed by atoms with van der Waals surface area (Å²) in [7, 11) is 2.67. The minimum atomic E-state index is -0.603. The quantitative estimate of drug-likeness (QED) is 0.537. The predicted molar refractivity (Wildman–Crippen MR) is 136 cm³/mol. The number of nitrogens with one attached hydrogen (secondary N) is 2. The molecular formula is C26H29BrN2O6. The Morgan fingerprint density at radius 3 is 1.86 bits per heavy atom. The zero-order chi connectivity index (χ0) is 26.1. The summed E-state index contributed by atoms with van der Waals surface area (Å²) in [5.41, 5.74) is 2.76. The summed E-state index contributed by atoms with van der Waals surface area (Å²) in [5.74, 6) is -0.719. The molecule has 0 fully saturated rings. The number of carbonyl (C=O) groups is 4. The van der Waals surface area contributed by atoms with E-state index < -0.39 is 23.0 Å². The zero-order valence-corrected chi connectivity index (χ0v) is 22.2. The first-order chi connectivity index (χ1) is 16.3. The third-order valence-corrected chi connectivity index (χ3v) is 6.86. The molecule has 2 aromatic carbocycles. The Labute approximate surface area is 212 Å². The van der Waals surface area contributed by atoms with Gasteiger partial charge in [-0.3, -0.25) is 9.59 Å². The molecule has 0 aromatic heterocycles. The Morgan fingerprint density at radius 1 is 0.800 bits per heavy atom. The maximum absolute atomic E-state index is 12.0. The van der Waals surface area contributed by atoms with Crippen molar-refractivity contribution < 1.29 is 28.7 Å². The Balaban J connectivity index is 0.000000196. The van der Waals surface area contributed by atoms with E-state index in [9.17, 15) is 19.2 Å². The van der Waals surface area contributed by atoms with Crippen LogP contribution in [-0.4, -0.2) is 48.8 Å². The van der Waals surface area contributed by atoms with Gasteiger partial charge in [0.1, 0.15) is 0 Å². The molecule has 2 aromatic rings. The van der Waals surface area contributed by atoms with Gasteiger partial charge >= 0.3 is 11.9 Å². The highest BCUT2D eigenvalue weighted by Gasteiger charge is 2.36. The molecule has 0 amide bonds. The van der Waals surface area contributed by atoms with Gasteiger partial charge in [0.15, 0.2) is 11.6 Å². The zero-order valence-electron chi connectivity index (χ0n) is 20.6. The largest absolute Gasteiger partial charge is 0.465 e. The molecule has 0 unspecified atom stereocenters. The van der Waals surface area contributed by atoms with E-state index in [1.54, 1.807) is 18.2 Å². The predicted octanol–water partition coefficient (Wildman–Crippen LogP) is 4.34. The smallest absolute Gasteiger partial charge is 0.339 e. The standard InChI is InChI=1S/C13H14BrNO3.C13H15NO3/c1-13(2)10(16)6-7-9(15-13)5-4-8(14)11(7)12(17)18-3;1-13(2)11(15)7-9-8(12(16)17-3)5-4-6-10(9)14-13/h4-5,15H,6H2,1-3H3;4-6,14H,7H2,1-3H3. The fourth-order valence-corrected chi connectivity index (χ4v) is 4.55. The molecule has 35 heavy (non-hydrogen) atoms. The van der Waals surface area contributed by atoms with Crippen LogP contribution in [0.4, 0.5) is 11.4 Å². The summed E-state index contributed by atoms with van der Waals surface area (Å²) < 4.78 is 10.1. The minimum absolute atomic E-state index is 0.0539. The van der Waals surface area contributed by atoms with E-state index >= 15 is 0 Å². The first-order valence-corrected chi connectivity index (χ1v) is 11.8. The van der Waals surface area contributed by atoms with Crippen LogP contribution in [-0.2, 0) is 31.9 Å². The van der Waals surface area contributed by atoms with Crippen LogP contribution in [0.25, 0.3) is 0 Å². The van der Waals surface area contributed by atoms with E-state index in [0.717, 1.165) is 16.9 Å². The molecule has 0 atom stereocenters. The van der Waals surface area contributed by atoms with Crippen LogP contribution < -0.4 is 10.6 Å². The number of hydrogen-bond donors (Lipinski definition) is 2. The highest BCUT2D eigenvalue weighted by atomic mass is 79.9. The molecule has 0 saturated carbocycles.